The van der Waals surface area contributed by atoms with Crippen molar-refractivity contribution < 1.29 is 24.3 Å². The van der Waals surface area contributed by atoms with Gasteiger partial charge in [-0.1, -0.05) is 67.8 Å². The average molecular weight is 620 g/mol. The molecule has 244 valence electrons. The quantitative estimate of drug-likeness (QED) is 0.246. The van der Waals surface area contributed by atoms with Gasteiger partial charge in [0.15, 0.2) is 0 Å². The maximum Gasteiger partial charge on any atom is 0.251 e. The van der Waals surface area contributed by atoms with Crippen molar-refractivity contribution in [2.24, 2.45) is 17.6 Å². The van der Waals surface area contributed by atoms with Crippen LogP contribution < -0.4 is 21.7 Å². The fourth-order valence-electron chi connectivity index (χ4n) is 6.67. The predicted molar refractivity (Wildman–Crippen MR) is 173 cm³/mol. The number of piperidine rings is 1. The fraction of sp³-hybridized carbons (Fsp3) is 0.543. The highest BCUT2D eigenvalue weighted by Gasteiger charge is 2.42. The van der Waals surface area contributed by atoms with Crippen LogP contribution in [0.4, 0.5) is 0 Å². The molecule has 0 spiro atoms. The Morgan fingerprint density at radius 1 is 0.933 bits per heavy atom. The first-order valence-electron chi connectivity index (χ1n) is 16.1. The molecule has 2 fully saturated rings. The van der Waals surface area contributed by atoms with Gasteiger partial charge in [-0.15, -0.1) is 0 Å². The standard InChI is InChI=1S/C35H49N5O5/c1-35(2,3)39-34(45)29-19-25-16-10-11-17-26(25)21-40(29)22-30(41)27(18-23-12-6-4-7-13-23)37-33(44)28(20-31(36)42)38-32(43)24-14-8-5-9-15-24/h4-9,12-15,25-30,41H,10-11,16-22H2,1-3H3,(H2,36,42)(H,37,44)(H,38,43)(H,39,45)/t25-,26+,27-,28-,29-,30+/m0/s1. The molecular weight excluding hydrogens is 570 g/mol. The number of β-amino-alcohol motifs (C(OH)–C–C–N with tert-alkyl or cyclic N) is 1. The molecule has 2 aromatic carbocycles. The number of hydrogen-bond acceptors (Lipinski definition) is 6. The number of carbonyl (C=O) groups excluding carboxylic acids is 4. The zero-order valence-corrected chi connectivity index (χ0v) is 26.7. The van der Waals surface area contributed by atoms with E-state index in [1.54, 1.807) is 30.3 Å². The number of aliphatic hydroxyl groups excluding tert-OH is 1. The van der Waals surface area contributed by atoms with Crippen LogP contribution in [0.25, 0.3) is 0 Å². The van der Waals surface area contributed by atoms with Crippen LogP contribution in [0.1, 0.15) is 75.2 Å². The Balaban J connectivity index is 1.55. The summed E-state index contributed by atoms with van der Waals surface area (Å²) in [6.07, 6.45) is 4.16. The van der Waals surface area contributed by atoms with E-state index in [0.717, 1.165) is 24.8 Å². The molecule has 45 heavy (non-hydrogen) atoms. The fourth-order valence-corrected chi connectivity index (χ4v) is 6.67. The van der Waals surface area contributed by atoms with Crippen molar-refractivity contribution in [2.45, 2.75) is 95.5 Å². The number of aliphatic hydroxyl groups is 1. The second-order valence-corrected chi connectivity index (χ2v) is 13.7. The Hall–Kier alpha value is -3.76. The Labute approximate surface area is 266 Å². The minimum absolute atomic E-state index is 0.0486. The van der Waals surface area contributed by atoms with E-state index in [-0.39, 0.29) is 18.5 Å². The number of fused-ring (bicyclic) bond motifs is 1. The molecule has 0 radical (unpaired) electrons. The Kier molecular flexibility index (Phi) is 11.7. The van der Waals surface area contributed by atoms with Gasteiger partial charge in [-0.25, -0.2) is 0 Å². The summed E-state index contributed by atoms with van der Waals surface area (Å²) in [5, 5.41) is 20.4. The van der Waals surface area contributed by atoms with Gasteiger partial charge in [0.25, 0.3) is 5.91 Å². The van der Waals surface area contributed by atoms with Crippen LogP contribution in [0.3, 0.4) is 0 Å². The van der Waals surface area contributed by atoms with E-state index in [2.05, 4.69) is 20.9 Å². The number of amides is 4. The number of nitrogens with two attached hydrogens (primary N) is 1. The van der Waals surface area contributed by atoms with Gasteiger partial charge in [-0.3, -0.25) is 24.1 Å². The lowest BCUT2D eigenvalue weighted by atomic mass is 9.72. The second kappa shape index (κ2) is 15.5. The van der Waals surface area contributed by atoms with E-state index in [4.69, 9.17) is 5.73 Å². The molecule has 1 heterocycles. The number of nitrogens with one attached hydrogen (secondary N) is 3. The van der Waals surface area contributed by atoms with Crippen molar-refractivity contribution in [3.63, 3.8) is 0 Å². The van der Waals surface area contributed by atoms with Crippen LogP contribution in [0.15, 0.2) is 60.7 Å². The third-order valence-electron chi connectivity index (χ3n) is 8.88. The zero-order chi connectivity index (χ0) is 32.6. The zero-order valence-electron chi connectivity index (χ0n) is 26.7. The molecule has 0 unspecified atom stereocenters. The Bertz CT molecular complexity index is 1300. The molecular formula is C35H49N5O5. The van der Waals surface area contributed by atoms with E-state index >= 15 is 0 Å². The summed E-state index contributed by atoms with van der Waals surface area (Å²) in [6.45, 7) is 6.76. The van der Waals surface area contributed by atoms with Crippen molar-refractivity contribution in [1.82, 2.24) is 20.9 Å². The topological polar surface area (TPSA) is 154 Å². The van der Waals surface area contributed by atoms with Gasteiger partial charge >= 0.3 is 0 Å². The molecule has 6 atom stereocenters. The number of nitrogens with zero attached hydrogens (tertiary/aromatic N) is 1. The highest BCUT2D eigenvalue weighted by Crippen LogP contribution is 2.39. The van der Waals surface area contributed by atoms with Crippen molar-refractivity contribution in [1.29, 1.82) is 0 Å². The van der Waals surface area contributed by atoms with Crippen molar-refractivity contribution in [3.8, 4) is 0 Å². The Morgan fingerprint density at radius 2 is 1.56 bits per heavy atom. The van der Waals surface area contributed by atoms with Crippen LogP contribution >= 0.6 is 0 Å². The van der Waals surface area contributed by atoms with Gasteiger partial charge in [0.1, 0.15) is 6.04 Å². The van der Waals surface area contributed by atoms with Crippen molar-refractivity contribution in [2.75, 3.05) is 13.1 Å². The molecule has 2 aromatic rings. The first-order chi connectivity index (χ1) is 21.4. The molecule has 2 aliphatic rings. The van der Waals surface area contributed by atoms with E-state index in [1.165, 1.54) is 12.8 Å². The molecule has 1 aliphatic heterocycles. The summed E-state index contributed by atoms with van der Waals surface area (Å²) < 4.78 is 0. The lowest BCUT2D eigenvalue weighted by molar-refractivity contribution is -0.133. The smallest absolute Gasteiger partial charge is 0.251 e. The minimum Gasteiger partial charge on any atom is -0.390 e. The van der Waals surface area contributed by atoms with E-state index in [9.17, 15) is 24.3 Å². The summed E-state index contributed by atoms with van der Waals surface area (Å²) in [5.74, 6) is -0.990. The van der Waals surface area contributed by atoms with Crippen LogP contribution in [0.2, 0.25) is 0 Å². The van der Waals surface area contributed by atoms with Crippen LogP contribution in [0.5, 0.6) is 0 Å². The maximum absolute atomic E-state index is 13.6. The highest BCUT2D eigenvalue weighted by molar-refractivity contribution is 5.98. The number of carbonyl (C=O) groups is 4. The van der Waals surface area contributed by atoms with Gasteiger partial charge < -0.3 is 26.8 Å². The van der Waals surface area contributed by atoms with Crippen LogP contribution in [-0.4, -0.2) is 76.5 Å². The summed E-state index contributed by atoms with van der Waals surface area (Å²) in [4.78, 5) is 54.1. The molecule has 6 N–H and O–H groups in total. The van der Waals surface area contributed by atoms with E-state index in [1.807, 2.05) is 51.1 Å². The molecule has 4 rings (SSSR count). The normalized spacial score (nSPS) is 22.3. The molecule has 1 aliphatic carbocycles. The number of primary amides is 1. The lowest BCUT2D eigenvalue weighted by Crippen LogP contribution is -2.61. The van der Waals surface area contributed by atoms with Crippen molar-refractivity contribution >= 4 is 23.6 Å². The molecule has 1 saturated carbocycles. The molecule has 4 amide bonds. The Morgan fingerprint density at radius 3 is 2.18 bits per heavy atom. The van der Waals surface area contributed by atoms with Gasteiger partial charge in [-0.2, -0.15) is 0 Å². The maximum atomic E-state index is 13.6. The monoisotopic (exact) mass is 619 g/mol. The third kappa shape index (κ3) is 10.1. The van der Waals surface area contributed by atoms with Crippen LogP contribution in [-0.2, 0) is 20.8 Å². The highest BCUT2D eigenvalue weighted by atomic mass is 16.3. The van der Waals surface area contributed by atoms with Gasteiger partial charge in [-0.05, 0) is 69.6 Å². The largest absolute Gasteiger partial charge is 0.390 e. The van der Waals surface area contributed by atoms with Gasteiger partial charge in [0, 0.05) is 24.2 Å². The number of benzene rings is 2. The second-order valence-electron chi connectivity index (χ2n) is 13.7. The molecule has 0 aromatic heterocycles. The predicted octanol–water partition coefficient (Wildman–Crippen LogP) is 2.54. The molecule has 10 nitrogen and oxygen atoms in total. The minimum atomic E-state index is -1.23. The summed E-state index contributed by atoms with van der Waals surface area (Å²) in [7, 11) is 0. The van der Waals surface area contributed by atoms with Gasteiger partial charge in [0.05, 0.1) is 24.6 Å². The number of rotatable bonds is 12. The lowest BCUT2D eigenvalue weighted by Gasteiger charge is -2.47. The number of hydrogen-bond donors (Lipinski definition) is 5. The third-order valence-corrected chi connectivity index (χ3v) is 8.88. The first-order valence-corrected chi connectivity index (χ1v) is 16.1. The van der Waals surface area contributed by atoms with E-state index < -0.39 is 47.9 Å². The van der Waals surface area contributed by atoms with Gasteiger partial charge in [0.2, 0.25) is 17.7 Å². The SMILES string of the molecule is CC(C)(C)NC(=O)[C@@H]1C[C@@H]2CCCC[C@@H]2CN1C[C@@H](O)[C@H](Cc1ccccc1)NC(=O)[C@H](CC(N)=O)NC(=O)c1ccccc1. The summed E-state index contributed by atoms with van der Waals surface area (Å²) in [5.41, 5.74) is 6.30. The molecule has 1 saturated heterocycles. The summed E-state index contributed by atoms with van der Waals surface area (Å²) in [6, 6.07) is 15.5. The molecule has 10 heteroatoms. The number of likely N-dealkylation sites (tertiary alicyclic amines) is 1. The summed E-state index contributed by atoms with van der Waals surface area (Å²) >= 11 is 0. The average Bonchev–Trinajstić information content (AvgIpc) is 2.99. The van der Waals surface area contributed by atoms with Crippen molar-refractivity contribution in [3.05, 3.63) is 71.8 Å². The van der Waals surface area contributed by atoms with Crippen LogP contribution in [0, 0.1) is 11.8 Å². The first kappa shape index (κ1) is 34.1. The van der Waals surface area contributed by atoms with E-state index in [0.29, 0.717) is 30.4 Å². The molecule has 0 bridgehead atoms.